The molecule has 1 rings (SSSR count). The molecule has 2 atom stereocenters. The van der Waals surface area contributed by atoms with Crippen LogP contribution in [0, 0.1) is 0 Å². The molecule has 0 saturated carbocycles. The Labute approximate surface area is 129 Å². The van der Waals surface area contributed by atoms with Gasteiger partial charge in [0.2, 0.25) is 0 Å². The predicted molar refractivity (Wildman–Crippen MR) is 86.9 cm³/mol. The van der Waals surface area contributed by atoms with E-state index in [1.54, 1.807) is 18.4 Å². The van der Waals surface area contributed by atoms with Gasteiger partial charge in [-0.25, -0.2) is 0 Å². The van der Waals surface area contributed by atoms with Gasteiger partial charge in [-0.05, 0) is 31.2 Å². The Hall–Kier alpha value is -0.910. The Kier molecular flexibility index (Phi) is 9.46. The van der Waals surface area contributed by atoms with E-state index < -0.39 is 10.8 Å². The summed E-state index contributed by atoms with van der Waals surface area (Å²) in [6.45, 7) is 5.54. The van der Waals surface area contributed by atoms with Crippen molar-refractivity contribution >= 4 is 29.1 Å². The van der Waals surface area contributed by atoms with E-state index in [1.807, 2.05) is 26.0 Å². The highest BCUT2D eigenvalue weighted by molar-refractivity contribution is 7.83. The maximum atomic E-state index is 12.0. The largest absolute Gasteiger partial charge is 0.350 e. The van der Waals surface area contributed by atoms with Crippen LogP contribution in [-0.4, -0.2) is 35.5 Å². The van der Waals surface area contributed by atoms with Crippen LogP contribution in [0.2, 0.25) is 0 Å². The smallest absolute Gasteiger partial charge is 0.251 e. The highest BCUT2D eigenvalue weighted by Gasteiger charge is 2.08. The van der Waals surface area contributed by atoms with E-state index in [-0.39, 0.29) is 24.4 Å². The van der Waals surface area contributed by atoms with Crippen molar-refractivity contribution in [1.29, 1.82) is 0 Å². The summed E-state index contributed by atoms with van der Waals surface area (Å²) in [5.74, 6) is 0.392. The third-order valence-electron chi connectivity index (χ3n) is 2.68. The van der Waals surface area contributed by atoms with Gasteiger partial charge in [0.15, 0.2) is 0 Å². The molecule has 6 heteroatoms. The second kappa shape index (κ2) is 9.91. The van der Waals surface area contributed by atoms with Crippen LogP contribution in [-0.2, 0) is 16.6 Å². The Morgan fingerprint density at radius 1 is 1.40 bits per heavy atom. The van der Waals surface area contributed by atoms with Crippen LogP contribution in [0.1, 0.15) is 29.8 Å². The Balaban J connectivity index is 0.00000361. The van der Waals surface area contributed by atoms with Crippen LogP contribution in [0.4, 0.5) is 0 Å². The van der Waals surface area contributed by atoms with E-state index >= 15 is 0 Å². The number of halogens is 1. The number of amides is 1. The molecule has 1 amide bonds. The van der Waals surface area contributed by atoms with Crippen molar-refractivity contribution in [2.45, 2.75) is 25.6 Å². The SMILES string of the molecule is CCN[C@H](C)CNC(=O)c1cccc(CS(C)=O)c1.Cl. The molecule has 0 fully saturated rings. The highest BCUT2D eigenvalue weighted by atomic mass is 35.5. The number of carbonyl (C=O) groups excluding carboxylic acids is 1. The fraction of sp³-hybridized carbons (Fsp3) is 0.500. The zero-order valence-electron chi connectivity index (χ0n) is 12.1. The van der Waals surface area contributed by atoms with Gasteiger partial charge < -0.3 is 10.6 Å². The molecule has 0 aliphatic carbocycles. The number of rotatable bonds is 7. The first-order valence-corrected chi connectivity index (χ1v) is 8.16. The van der Waals surface area contributed by atoms with Crippen molar-refractivity contribution in [2.24, 2.45) is 0 Å². The molecule has 0 aliphatic rings. The van der Waals surface area contributed by atoms with Crippen molar-refractivity contribution in [3.63, 3.8) is 0 Å². The maximum Gasteiger partial charge on any atom is 0.251 e. The van der Waals surface area contributed by atoms with Gasteiger partial charge in [0.1, 0.15) is 0 Å². The number of carbonyl (C=O) groups is 1. The van der Waals surface area contributed by atoms with Gasteiger partial charge in [-0.15, -0.1) is 12.4 Å². The quantitative estimate of drug-likeness (QED) is 0.805. The fourth-order valence-electron chi connectivity index (χ4n) is 1.81. The molecule has 2 N–H and O–H groups in total. The van der Waals surface area contributed by atoms with Crippen LogP contribution in [0.25, 0.3) is 0 Å². The van der Waals surface area contributed by atoms with Crippen molar-refractivity contribution in [2.75, 3.05) is 19.3 Å². The monoisotopic (exact) mass is 318 g/mol. The lowest BCUT2D eigenvalue weighted by atomic mass is 10.1. The van der Waals surface area contributed by atoms with E-state index in [0.29, 0.717) is 17.9 Å². The molecule has 0 bridgehead atoms. The van der Waals surface area contributed by atoms with Crippen molar-refractivity contribution in [3.05, 3.63) is 35.4 Å². The van der Waals surface area contributed by atoms with Gasteiger partial charge in [-0.3, -0.25) is 9.00 Å². The van der Waals surface area contributed by atoms with Crippen LogP contribution >= 0.6 is 12.4 Å². The summed E-state index contributed by atoms with van der Waals surface area (Å²) in [5, 5.41) is 6.12. The summed E-state index contributed by atoms with van der Waals surface area (Å²) >= 11 is 0. The van der Waals surface area contributed by atoms with Crippen LogP contribution in [0.3, 0.4) is 0 Å². The van der Waals surface area contributed by atoms with E-state index in [9.17, 15) is 9.00 Å². The normalized spacial score (nSPS) is 13.2. The van der Waals surface area contributed by atoms with Crippen LogP contribution in [0.15, 0.2) is 24.3 Å². The molecule has 0 aliphatic heterocycles. The Morgan fingerprint density at radius 2 is 2.10 bits per heavy atom. The van der Waals surface area contributed by atoms with E-state index in [2.05, 4.69) is 10.6 Å². The lowest BCUT2D eigenvalue weighted by molar-refractivity contribution is 0.0950. The highest BCUT2D eigenvalue weighted by Crippen LogP contribution is 2.07. The van der Waals surface area contributed by atoms with Crippen molar-refractivity contribution < 1.29 is 9.00 Å². The number of hydrogen-bond donors (Lipinski definition) is 2. The molecule has 0 spiro atoms. The molecule has 1 unspecified atom stereocenters. The second-order valence-corrected chi connectivity index (χ2v) is 6.02. The summed E-state index contributed by atoms with van der Waals surface area (Å²) in [6, 6.07) is 7.54. The van der Waals surface area contributed by atoms with Gasteiger partial charge in [0.05, 0.1) is 0 Å². The zero-order chi connectivity index (χ0) is 14.3. The van der Waals surface area contributed by atoms with Gasteiger partial charge in [0.25, 0.3) is 5.91 Å². The molecule has 114 valence electrons. The third kappa shape index (κ3) is 7.03. The summed E-state index contributed by atoms with van der Waals surface area (Å²) in [5.41, 5.74) is 1.54. The molecule has 0 saturated heterocycles. The summed E-state index contributed by atoms with van der Waals surface area (Å²) in [6.07, 6.45) is 1.66. The first-order valence-electron chi connectivity index (χ1n) is 6.43. The summed E-state index contributed by atoms with van der Waals surface area (Å²) in [4.78, 5) is 12.0. The molecule has 1 aromatic rings. The van der Waals surface area contributed by atoms with Gasteiger partial charge >= 0.3 is 0 Å². The molecule has 4 nitrogen and oxygen atoms in total. The number of nitrogens with one attached hydrogen (secondary N) is 2. The van der Waals surface area contributed by atoms with E-state index in [4.69, 9.17) is 0 Å². The molecule has 0 radical (unpaired) electrons. The predicted octanol–water partition coefficient (Wildman–Crippen LogP) is 1.71. The average molecular weight is 319 g/mol. The average Bonchev–Trinajstić information content (AvgIpc) is 2.36. The van der Waals surface area contributed by atoms with Crippen molar-refractivity contribution in [1.82, 2.24) is 10.6 Å². The standard InChI is InChI=1S/C14H22N2O2S.ClH/c1-4-15-11(2)9-16-14(17)13-7-5-6-12(8-13)10-19(3)18;/h5-8,11,15H,4,9-10H2,1-3H3,(H,16,17);1H/t11-,19?;/m1./s1. The van der Waals surface area contributed by atoms with Crippen LogP contribution < -0.4 is 10.6 Å². The number of benzene rings is 1. The molecular weight excluding hydrogens is 296 g/mol. The van der Waals surface area contributed by atoms with Crippen molar-refractivity contribution in [3.8, 4) is 0 Å². The lowest BCUT2D eigenvalue weighted by Crippen LogP contribution is -2.38. The number of hydrogen-bond acceptors (Lipinski definition) is 3. The minimum atomic E-state index is -0.894. The molecule has 1 aromatic carbocycles. The first kappa shape index (κ1) is 19.1. The molecule has 20 heavy (non-hydrogen) atoms. The van der Waals surface area contributed by atoms with Gasteiger partial charge in [-0.2, -0.15) is 0 Å². The van der Waals surface area contributed by atoms with Crippen LogP contribution in [0.5, 0.6) is 0 Å². The van der Waals surface area contributed by atoms with E-state index in [0.717, 1.165) is 12.1 Å². The molecule has 0 aromatic heterocycles. The maximum absolute atomic E-state index is 12.0. The zero-order valence-corrected chi connectivity index (χ0v) is 13.8. The van der Waals surface area contributed by atoms with Gasteiger partial charge in [0, 0.05) is 41.0 Å². The first-order chi connectivity index (χ1) is 9.02. The Morgan fingerprint density at radius 3 is 2.70 bits per heavy atom. The summed E-state index contributed by atoms with van der Waals surface area (Å²) < 4.78 is 11.2. The third-order valence-corrected chi connectivity index (χ3v) is 3.42. The fourth-order valence-corrected chi connectivity index (χ4v) is 2.45. The molecular formula is C14H23ClN2O2S. The summed E-state index contributed by atoms with van der Waals surface area (Å²) in [7, 11) is -0.894. The number of likely N-dealkylation sites (N-methyl/N-ethyl adjacent to an activating group) is 1. The topological polar surface area (TPSA) is 58.2 Å². The molecule has 0 heterocycles. The second-order valence-electron chi connectivity index (χ2n) is 4.59. The minimum Gasteiger partial charge on any atom is -0.350 e. The Bertz CT molecular complexity index is 455. The minimum absolute atomic E-state index is 0. The lowest BCUT2D eigenvalue weighted by Gasteiger charge is -2.13. The van der Waals surface area contributed by atoms with E-state index in [1.165, 1.54) is 0 Å². The van der Waals surface area contributed by atoms with Gasteiger partial charge in [-0.1, -0.05) is 19.1 Å².